The molecule has 19 heavy (non-hydrogen) atoms. The summed E-state index contributed by atoms with van der Waals surface area (Å²) in [5.74, 6) is -1.49. The van der Waals surface area contributed by atoms with Gasteiger partial charge < -0.3 is 9.84 Å². The van der Waals surface area contributed by atoms with Gasteiger partial charge >= 0.3 is 5.97 Å². The van der Waals surface area contributed by atoms with Crippen molar-refractivity contribution in [3.05, 3.63) is 27.7 Å². The number of methoxy groups -OCH3 is 1. The number of carboxylic acid groups (broad SMARTS) is 1. The smallest absolute Gasteiger partial charge is 0.337 e. The van der Waals surface area contributed by atoms with Crippen LogP contribution in [0.3, 0.4) is 0 Å². The number of rotatable bonds is 6. The van der Waals surface area contributed by atoms with Gasteiger partial charge in [-0.25, -0.2) is 13.2 Å². The summed E-state index contributed by atoms with van der Waals surface area (Å²) in [6, 6.07) is 2.10. The molecule has 0 unspecified atom stereocenters. The van der Waals surface area contributed by atoms with Crippen molar-refractivity contribution in [1.82, 2.24) is 0 Å². The van der Waals surface area contributed by atoms with Crippen LogP contribution in [0.4, 0.5) is 0 Å². The van der Waals surface area contributed by atoms with Crippen LogP contribution in [0.25, 0.3) is 0 Å². The minimum Gasteiger partial charge on any atom is -0.478 e. The average molecular weight is 327 g/mol. The lowest BCUT2D eigenvalue weighted by Crippen LogP contribution is -2.11. The zero-order valence-corrected chi connectivity index (χ0v) is 12.3. The molecule has 0 heterocycles. The molecular weight excluding hydrogens is 315 g/mol. The Labute approximate surface area is 121 Å². The van der Waals surface area contributed by atoms with Crippen molar-refractivity contribution in [3.8, 4) is 0 Å². The highest BCUT2D eigenvalue weighted by molar-refractivity contribution is 7.91. The van der Waals surface area contributed by atoms with Crippen LogP contribution in [-0.2, 0) is 14.6 Å². The van der Waals surface area contributed by atoms with Gasteiger partial charge in [0.05, 0.1) is 26.3 Å². The fourth-order valence-corrected chi connectivity index (χ4v) is 3.62. The summed E-state index contributed by atoms with van der Waals surface area (Å²) in [6.45, 7) is 0.288. The van der Waals surface area contributed by atoms with Gasteiger partial charge in [0.1, 0.15) is 0 Å². The second-order valence-corrected chi connectivity index (χ2v) is 6.62. The van der Waals surface area contributed by atoms with Crippen molar-refractivity contribution in [2.75, 3.05) is 19.5 Å². The molecule has 1 aromatic rings. The van der Waals surface area contributed by atoms with Gasteiger partial charge in [-0.15, -0.1) is 0 Å². The van der Waals surface area contributed by atoms with Crippen molar-refractivity contribution >= 4 is 39.0 Å². The number of aromatic carboxylic acids is 1. The Morgan fingerprint density at radius 3 is 2.47 bits per heavy atom. The van der Waals surface area contributed by atoms with E-state index in [0.29, 0.717) is 6.42 Å². The molecule has 106 valence electrons. The zero-order chi connectivity index (χ0) is 14.6. The second-order valence-electron chi connectivity index (χ2n) is 3.73. The maximum atomic E-state index is 12.0. The van der Waals surface area contributed by atoms with E-state index < -0.39 is 15.8 Å². The van der Waals surface area contributed by atoms with E-state index in [4.69, 9.17) is 33.0 Å². The van der Waals surface area contributed by atoms with E-state index in [-0.39, 0.29) is 32.9 Å². The van der Waals surface area contributed by atoms with Crippen LogP contribution in [0.15, 0.2) is 17.0 Å². The third-order valence-corrected chi connectivity index (χ3v) is 4.92. The van der Waals surface area contributed by atoms with E-state index >= 15 is 0 Å². The first-order chi connectivity index (χ1) is 8.79. The van der Waals surface area contributed by atoms with E-state index in [0.717, 1.165) is 12.1 Å². The lowest BCUT2D eigenvalue weighted by molar-refractivity contribution is 0.0697. The number of ether oxygens (including phenoxy) is 1. The summed E-state index contributed by atoms with van der Waals surface area (Å²) in [6.07, 6.45) is 0.292. The number of halogens is 2. The molecule has 1 rings (SSSR count). The van der Waals surface area contributed by atoms with Crippen molar-refractivity contribution in [3.63, 3.8) is 0 Å². The highest BCUT2D eigenvalue weighted by atomic mass is 35.5. The van der Waals surface area contributed by atoms with E-state index in [2.05, 4.69) is 0 Å². The molecule has 0 aliphatic rings. The van der Waals surface area contributed by atoms with Gasteiger partial charge in [-0.3, -0.25) is 0 Å². The molecule has 0 aliphatic carbocycles. The maximum absolute atomic E-state index is 12.0. The minimum absolute atomic E-state index is 0.0904. The predicted octanol–water partition coefficient (Wildman–Crippen LogP) is 2.50. The molecule has 0 spiro atoms. The van der Waals surface area contributed by atoms with Gasteiger partial charge in [0.15, 0.2) is 9.84 Å². The molecule has 1 N–H and O–H groups in total. The molecular formula is C11H12Cl2O5S. The fraction of sp³-hybridized carbons (Fsp3) is 0.364. The number of hydrogen-bond donors (Lipinski definition) is 1. The summed E-state index contributed by atoms with van der Waals surface area (Å²) in [7, 11) is -2.21. The standard InChI is InChI=1S/C11H12Cl2O5S/c1-18-3-2-4-19(16,17)10-5-7(11(14)15)8(12)6-9(10)13/h5-6H,2-4H2,1H3,(H,14,15). The largest absolute Gasteiger partial charge is 0.478 e. The first kappa shape index (κ1) is 16.2. The first-order valence-electron chi connectivity index (χ1n) is 5.23. The Bertz CT molecular complexity index is 583. The highest BCUT2D eigenvalue weighted by Gasteiger charge is 2.22. The van der Waals surface area contributed by atoms with E-state index in [9.17, 15) is 13.2 Å². The SMILES string of the molecule is COCCCS(=O)(=O)c1cc(C(=O)O)c(Cl)cc1Cl. The first-order valence-corrected chi connectivity index (χ1v) is 7.64. The quantitative estimate of drug-likeness (QED) is 0.812. The van der Waals surface area contributed by atoms with Gasteiger partial charge in [-0.05, 0) is 18.6 Å². The Balaban J connectivity index is 3.19. The number of carbonyl (C=O) groups is 1. The van der Waals surface area contributed by atoms with Gasteiger partial charge in [0.25, 0.3) is 0 Å². The van der Waals surface area contributed by atoms with Crippen molar-refractivity contribution in [2.45, 2.75) is 11.3 Å². The molecule has 0 bridgehead atoms. The van der Waals surface area contributed by atoms with Crippen molar-refractivity contribution < 1.29 is 23.1 Å². The monoisotopic (exact) mass is 326 g/mol. The zero-order valence-electron chi connectivity index (χ0n) is 10.0. The summed E-state index contributed by atoms with van der Waals surface area (Å²) in [5, 5.41) is 8.72. The van der Waals surface area contributed by atoms with Crippen LogP contribution in [0, 0.1) is 0 Å². The van der Waals surface area contributed by atoms with Crippen LogP contribution < -0.4 is 0 Å². The molecule has 8 heteroatoms. The molecule has 0 aliphatic heterocycles. The summed E-state index contributed by atoms with van der Waals surface area (Å²) >= 11 is 11.5. The van der Waals surface area contributed by atoms with Crippen LogP contribution in [-0.4, -0.2) is 39.0 Å². The third kappa shape index (κ3) is 4.07. The average Bonchev–Trinajstić information content (AvgIpc) is 2.28. The molecule has 0 amide bonds. The van der Waals surface area contributed by atoms with Gasteiger partial charge in [-0.2, -0.15) is 0 Å². The molecule has 0 radical (unpaired) electrons. The molecule has 0 fully saturated rings. The van der Waals surface area contributed by atoms with Crippen LogP contribution in [0.1, 0.15) is 16.8 Å². The van der Waals surface area contributed by atoms with E-state index in [1.807, 2.05) is 0 Å². The molecule has 5 nitrogen and oxygen atoms in total. The normalized spacial score (nSPS) is 11.5. The fourth-order valence-electron chi connectivity index (χ4n) is 1.43. The van der Waals surface area contributed by atoms with Crippen LogP contribution in [0.5, 0.6) is 0 Å². The number of hydrogen-bond acceptors (Lipinski definition) is 4. The Hall–Kier alpha value is -0.820. The molecule has 0 saturated carbocycles. The Morgan fingerprint density at radius 1 is 1.32 bits per heavy atom. The number of benzene rings is 1. The van der Waals surface area contributed by atoms with Crippen molar-refractivity contribution in [2.24, 2.45) is 0 Å². The third-order valence-electron chi connectivity index (χ3n) is 2.35. The Kier molecular flexibility index (Phi) is 5.61. The van der Waals surface area contributed by atoms with Crippen LogP contribution in [0.2, 0.25) is 10.0 Å². The maximum Gasteiger partial charge on any atom is 0.337 e. The topological polar surface area (TPSA) is 80.7 Å². The summed E-state index contributed by atoms with van der Waals surface area (Å²) in [5.41, 5.74) is -0.295. The summed E-state index contributed by atoms with van der Waals surface area (Å²) in [4.78, 5) is 10.7. The number of carboxylic acids is 1. The highest BCUT2D eigenvalue weighted by Crippen LogP contribution is 2.29. The lowest BCUT2D eigenvalue weighted by Gasteiger charge is -2.08. The molecule has 0 aromatic heterocycles. The van der Waals surface area contributed by atoms with E-state index in [1.165, 1.54) is 7.11 Å². The Morgan fingerprint density at radius 2 is 1.95 bits per heavy atom. The summed E-state index contributed by atoms with van der Waals surface area (Å²) < 4.78 is 28.8. The lowest BCUT2D eigenvalue weighted by atomic mass is 10.2. The number of sulfone groups is 1. The predicted molar refractivity (Wildman–Crippen MR) is 72.0 cm³/mol. The van der Waals surface area contributed by atoms with Gasteiger partial charge in [0.2, 0.25) is 0 Å². The second kappa shape index (κ2) is 6.56. The van der Waals surface area contributed by atoms with Crippen LogP contribution >= 0.6 is 23.2 Å². The molecule has 0 saturated heterocycles. The minimum atomic E-state index is -3.67. The van der Waals surface area contributed by atoms with Gasteiger partial charge in [0, 0.05) is 13.7 Å². The van der Waals surface area contributed by atoms with Gasteiger partial charge in [-0.1, -0.05) is 23.2 Å². The molecule has 0 atom stereocenters. The van der Waals surface area contributed by atoms with E-state index in [1.54, 1.807) is 0 Å². The molecule has 1 aromatic carbocycles. The van der Waals surface area contributed by atoms with Crippen molar-refractivity contribution in [1.29, 1.82) is 0 Å².